The third-order valence-electron chi connectivity index (χ3n) is 10.3. The lowest BCUT2D eigenvalue weighted by Crippen LogP contribution is -2.28. The van der Waals surface area contributed by atoms with E-state index in [9.17, 15) is 0 Å². The van der Waals surface area contributed by atoms with Crippen LogP contribution >= 0.6 is 0 Å². The second kappa shape index (κ2) is 12.4. The average Bonchev–Trinajstić information content (AvgIpc) is 3.49. The summed E-state index contributed by atoms with van der Waals surface area (Å²) in [4.78, 5) is 23.6. The SMILES string of the molecule is Cc1c(OOc2ccc(C3(c4ccc(OOc5ccc6ccccc6c5C)cc4)c4ccccc4-c4ccccc43)cc2)ccc2ccccc12. The zero-order chi connectivity index (χ0) is 34.4. The van der Waals surface area contributed by atoms with Crippen LogP contribution in [0.15, 0.2) is 170 Å². The molecule has 9 rings (SSSR count). The van der Waals surface area contributed by atoms with Crippen molar-refractivity contribution >= 4 is 21.5 Å². The highest BCUT2D eigenvalue weighted by molar-refractivity contribution is 5.89. The molecule has 0 unspecified atom stereocenters. The molecule has 8 aromatic rings. The lowest BCUT2D eigenvalue weighted by molar-refractivity contribution is -0.100. The van der Waals surface area contributed by atoms with Crippen LogP contribution in [-0.4, -0.2) is 0 Å². The van der Waals surface area contributed by atoms with Crippen molar-refractivity contribution in [2.24, 2.45) is 0 Å². The molecule has 8 aromatic carbocycles. The first-order valence-corrected chi connectivity index (χ1v) is 17.2. The predicted molar refractivity (Wildman–Crippen MR) is 204 cm³/mol. The molecule has 0 spiro atoms. The Balaban J connectivity index is 1.05. The standard InChI is InChI=1S/C47H34O4/c1-31-39-13-5-3-11-33(39)19-29-45(31)50-48-37-25-21-35(22-26-37)47(43-17-9-7-15-41(43)42-16-8-10-18-44(42)47)36-23-27-38(28-24-36)49-51-46-30-20-34-12-4-6-14-40(34)32(46)2/h3-30H,1-2H3. The Morgan fingerprint density at radius 1 is 0.353 bits per heavy atom. The molecule has 0 bridgehead atoms. The van der Waals surface area contributed by atoms with E-state index in [4.69, 9.17) is 19.6 Å². The van der Waals surface area contributed by atoms with E-state index in [-0.39, 0.29) is 0 Å². The van der Waals surface area contributed by atoms with Crippen LogP contribution < -0.4 is 19.6 Å². The molecule has 0 aromatic heterocycles. The highest BCUT2D eigenvalue weighted by Gasteiger charge is 2.45. The van der Waals surface area contributed by atoms with Crippen molar-refractivity contribution in [1.82, 2.24) is 0 Å². The van der Waals surface area contributed by atoms with Crippen molar-refractivity contribution in [2.45, 2.75) is 19.3 Å². The summed E-state index contributed by atoms with van der Waals surface area (Å²) in [6.45, 7) is 4.10. The van der Waals surface area contributed by atoms with Crippen LogP contribution in [0.2, 0.25) is 0 Å². The summed E-state index contributed by atoms with van der Waals surface area (Å²) >= 11 is 0. The van der Waals surface area contributed by atoms with E-state index >= 15 is 0 Å². The van der Waals surface area contributed by atoms with Crippen molar-refractivity contribution in [1.29, 1.82) is 0 Å². The van der Waals surface area contributed by atoms with Crippen molar-refractivity contribution < 1.29 is 19.6 Å². The molecule has 1 aliphatic carbocycles. The monoisotopic (exact) mass is 662 g/mol. The summed E-state index contributed by atoms with van der Waals surface area (Å²) in [6, 6.07) is 58.4. The molecule has 246 valence electrons. The van der Waals surface area contributed by atoms with Gasteiger partial charge in [0.05, 0.1) is 5.41 Å². The Morgan fingerprint density at radius 3 is 1.20 bits per heavy atom. The maximum atomic E-state index is 5.90. The number of fused-ring (bicyclic) bond motifs is 5. The first kappa shape index (κ1) is 30.5. The van der Waals surface area contributed by atoms with Gasteiger partial charge in [-0.05, 0) is 105 Å². The third kappa shape index (κ3) is 5.07. The highest BCUT2D eigenvalue weighted by atomic mass is 17.2. The molecule has 0 N–H and O–H groups in total. The van der Waals surface area contributed by atoms with Gasteiger partial charge in [0, 0.05) is 11.1 Å². The van der Waals surface area contributed by atoms with Crippen molar-refractivity contribution in [3.8, 4) is 34.1 Å². The molecule has 51 heavy (non-hydrogen) atoms. The Labute approximate surface area is 296 Å². The second-order valence-corrected chi connectivity index (χ2v) is 13.0. The van der Waals surface area contributed by atoms with Crippen LogP contribution in [0.3, 0.4) is 0 Å². The molecule has 0 aliphatic heterocycles. The summed E-state index contributed by atoms with van der Waals surface area (Å²) in [6.07, 6.45) is 0. The van der Waals surface area contributed by atoms with Crippen LogP contribution in [0, 0.1) is 13.8 Å². The van der Waals surface area contributed by atoms with Gasteiger partial charge in [0.25, 0.3) is 0 Å². The van der Waals surface area contributed by atoms with E-state index < -0.39 is 5.41 Å². The van der Waals surface area contributed by atoms with Crippen molar-refractivity contribution in [2.75, 3.05) is 0 Å². The Hall–Kier alpha value is -6.52. The molecule has 0 amide bonds. The first-order chi connectivity index (χ1) is 25.1. The fraction of sp³-hybridized carbons (Fsp3) is 0.0638. The quantitative estimate of drug-likeness (QED) is 0.120. The Kier molecular flexibility index (Phi) is 7.44. The molecule has 4 nitrogen and oxygen atoms in total. The van der Waals surface area contributed by atoms with E-state index in [0.717, 1.165) is 33.0 Å². The van der Waals surface area contributed by atoms with E-state index in [1.165, 1.54) is 33.0 Å². The zero-order valence-corrected chi connectivity index (χ0v) is 28.3. The number of aryl methyl sites for hydroxylation is 2. The molecule has 0 heterocycles. The van der Waals surface area contributed by atoms with Crippen LogP contribution in [0.25, 0.3) is 32.7 Å². The van der Waals surface area contributed by atoms with Crippen LogP contribution in [0.4, 0.5) is 0 Å². The van der Waals surface area contributed by atoms with E-state index in [0.29, 0.717) is 23.0 Å². The van der Waals surface area contributed by atoms with Gasteiger partial charge in [-0.2, -0.15) is 0 Å². The number of hydrogen-bond acceptors (Lipinski definition) is 4. The minimum Gasteiger partial charge on any atom is -0.290 e. The highest BCUT2D eigenvalue weighted by Crippen LogP contribution is 2.56. The maximum Gasteiger partial charge on any atom is 0.182 e. The lowest BCUT2D eigenvalue weighted by atomic mass is 9.68. The second-order valence-electron chi connectivity index (χ2n) is 13.0. The summed E-state index contributed by atoms with van der Waals surface area (Å²) < 4.78 is 0. The summed E-state index contributed by atoms with van der Waals surface area (Å²) in [5.74, 6) is 2.61. The van der Waals surface area contributed by atoms with Gasteiger partial charge < -0.3 is 0 Å². The number of benzene rings is 8. The average molecular weight is 663 g/mol. The van der Waals surface area contributed by atoms with Gasteiger partial charge in [-0.3, -0.25) is 19.6 Å². The lowest BCUT2D eigenvalue weighted by Gasteiger charge is -2.34. The minimum atomic E-state index is -0.574. The van der Waals surface area contributed by atoms with Crippen molar-refractivity contribution in [3.63, 3.8) is 0 Å². The molecule has 0 fully saturated rings. The van der Waals surface area contributed by atoms with E-state index in [1.807, 2.05) is 60.7 Å². The molecule has 4 heteroatoms. The Morgan fingerprint density at radius 2 is 0.745 bits per heavy atom. The fourth-order valence-electron chi connectivity index (χ4n) is 7.73. The van der Waals surface area contributed by atoms with E-state index in [1.54, 1.807) is 0 Å². The van der Waals surface area contributed by atoms with Gasteiger partial charge in [0.15, 0.2) is 23.0 Å². The van der Waals surface area contributed by atoms with Gasteiger partial charge in [-0.25, -0.2) is 0 Å². The van der Waals surface area contributed by atoms with Gasteiger partial charge in [0.1, 0.15) is 0 Å². The first-order valence-electron chi connectivity index (χ1n) is 17.2. The number of hydrogen-bond donors (Lipinski definition) is 0. The minimum absolute atomic E-state index is 0.574. The molecule has 1 aliphatic rings. The summed E-state index contributed by atoms with van der Waals surface area (Å²) in [5, 5.41) is 4.62. The zero-order valence-electron chi connectivity index (χ0n) is 28.3. The molecular weight excluding hydrogens is 629 g/mol. The predicted octanol–water partition coefficient (Wildman–Crippen LogP) is 11.7. The molecular formula is C47H34O4. The summed E-state index contributed by atoms with van der Waals surface area (Å²) in [5.41, 5.74) is 8.62. The summed E-state index contributed by atoms with van der Waals surface area (Å²) in [7, 11) is 0. The molecule has 0 saturated carbocycles. The molecule has 0 atom stereocenters. The van der Waals surface area contributed by atoms with Crippen molar-refractivity contribution in [3.05, 3.63) is 203 Å². The van der Waals surface area contributed by atoms with Gasteiger partial charge in [-0.1, -0.05) is 133 Å². The molecule has 0 radical (unpaired) electrons. The maximum absolute atomic E-state index is 5.90. The normalized spacial score (nSPS) is 12.7. The van der Waals surface area contributed by atoms with Gasteiger partial charge in [0.2, 0.25) is 0 Å². The van der Waals surface area contributed by atoms with Gasteiger partial charge in [-0.15, -0.1) is 0 Å². The third-order valence-corrected chi connectivity index (χ3v) is 10.3. The molecule has 0 saturated heterocycles. The fourth-order valence-corrected chi connectivity index (χ4v) is 7.73. The number of rotatable bonds is 8. The van der Waals surface area contributed by atoms with E-state index in [2.05, 4.69) is 123 Å². The Bertz CT molecular complexity index is 2370. The smallest absolute Gasteiger partial charge is 0.182 e. The van der Waals surface area contributed by atoms with Crippen LogP contribution in [0.1, 0.15) is 33.4 Å². The topological polar surface area (TPSA) is 36.9 Å². The van der Waals surface area contributed by atoms with Crippen LogP contribution in [0.5, 0.6) is 23.0 Å². The van der Waals surface area contributed by atoms with Gasteiger partial charge >= 0.3 is 0 Å². The largest absolute Gasteiger partial charge is 0.290 e. The van der Waals surface area contributed by atoms with Crippen LogP contribution in [-0.2, 0) is 5.41 Å².